The van der Waals surface area contributed by atoms with E-state index in [9.17, 15) is 0 Å². The molecule has 3 nitrogen and oxygen atoms in total. The first kappa shape index (κ1) is 15.6. The van der Waals surface area contributed by atoms with Crippen LogP contribution in [0.25, 0.3) is 0 Å². The second kappa shape index (κ2) is 7.26. The summed E-state index contributed by atoms with van der Waals surface area (Å²) in [6.45, 7) is 6.92. The summed E-state index contributed by atoms with van der Waals surface area (Å²) in [5.41, 5.74) is 1.90. The van der Waals surface area contributed by atoms with Gasteiger partial charge in [0.15, 0.2) is 0 Å². The molecule has 0 amide bonds. The van der Waals surface area contributed by atoms with Crippen LogP contribution in [-0.4, -0.2) is 22.9 Å². The number of nitrogens with zero attached hydrogens (tertiary/aromatic N) is 2. The summed E-state index contributed by atoms with van der Waals surface area (Å²) < 4.78 is 2.03. The standard InChI is InChI=1S/C17H31N3/c1-15(2)13-18-14-17(9-5-4-6-10-17)11-7-16-8-12-19-20(16)3/h8,12,15,18H,4-7,9-11,13-14H2,1-3H3. The lowest BCUT2D eigenvalue weighted by Crippen LogP contribution is -2.38. The Balaban J connectivity index is 1.90. The van der Waals surface area contributed by atoms with Crippen LogP contribution in [0.4, 0.5) is 0 Å². The Kier molecular flexibility index (Phi) is 5.64. The average molecular weight is 277 g/mol. The molecular formula is C17H31N3. The van der Waals surface area contributed by atoms with Gasteiger partial charge in [0.05, 0.1) is 0 Å². The molecule has 2 rings (SSSR count). The van der Waals surface area contributed by atoms with Crippen molar-refractivity contribution in [2.75, 3.05) is 13.1 Å². The molecule has 3 heteroatoms. The minimum atomic E-state index is 0.525. The SMILES string of the molecule is CC(C)CNCC1(CCc2ccnn2C)CCCCC1. The van der Waals surface area contributed by atoms with E-state index in [0.717, 1.165) is 12.5 Å². The Hall–Kier alpha value is -0.830. The predicted octanol–water partition coefficient (Wildman–Crippen LogP) is 3.55. The van der Waals surface area contributed by atoms with E-state index in [2.05, 4.69) is 37.4 Å². The van der Waals surface area contributed by atoms with Crippen molar-refractivity contribution in [1.29, 1.82) is 0 Å². The third kappa shape index (κ3) is 4.34. The van der Waals surface area contributed by atoms with E-state index >= 15 is 0 Å². The normalized spacial score (nSPS) is 18.6. The Morgan fingerprint density at radius 2 is 2.05 bits per heavy atom. The minimum absolute atomic E-state index is 0.525. The van der Waals surface area contributed by atoms with Gasteiger partial charge in [-0.05, 0) is 49.6 Å². The van der Waals surface area contributed by atoms with Gasteiger partial charge in [0.25, 0.3) is 0 Å². The zero-order valence-corrected chi connectivity index (χ0v) is 13.5. The van der Waals surface area contributed by atoms with Crippen LogP contribution in [0, 0.1) is 11.3 Å². The summed E-state index contributed by atoms with van der Waals surface area (Å²) in [6.07, 6.45) is 11.4. The highest BCUT2D eigenvalue weighted by Crippen LogP contribution is 2.39. The van der Waals surface area contributed by atoms with Crippen LogP contribution in [0.5, 0.6) is 0 Å². The first-order valence-corrected chi connectivity index (χ1v) is 8.29. The number of aromatic nitrogens is 2. The molecule has 0 aromatic carbocycles. The molecule has 0 saturated heterocycles. The fraction of sp³-hybridized carbons (Fsp3) is 0.824. The number of rotatable bonds is 7. The predicted molar refractivity (Wildman–Crippen MR) is 84.8 cm³/mol. The van der Waals surface area contributed by atoms with Gasteiger partial charge in [-0.1, -0.05) is 33.1 Å². The lowest BCUT2D eigenvalue weighted by molar-refractivity contribution is 0.164. The monoisotopic (exact) mass is 277 g/mol. The van der Waals surface area contributed by atoms with E-state index in [-0.39, 0.29) is 0 Å². The largest absolute Gasteiger partial charge is 0.316 e. The lowest BCUT2D eigenvalue weighted by Gasteiger charge is -2.38. The van der Waals surface area contributed by atoms with Gasteiger partial charge in [0.2, 0.25) is 0 Å². The van der Waals surface area contributed by atoms with Crippen molar-refractivity contribution in [3.05, 3.63) is 18.0 Å². The number of hydrogen-bond acceptors (Lipinski definition) is 2. The van der Waals surface area contributed by atoms with E-state index in [1.807, 2.05) is 10.9 Å². The Labute approximate surface area is 124 Å². The highest BCUT2D eigenvalue weighted by Gasteiger charge is 2.31. The number of nitrogens with one attached hydrogen (secondary N) is 1. The van der Waals surface area contributed by atoms with Crippen LogP contribution < -0.4 is 5.32 Å². The van der Waals surface area contributed by atoms with Gasteiger partial charge in [-0.15, -0.1) is 0 Å². The molecular weight excluding hydrogens is 246 g/mol. The highest BCUT2D eigenvalue weighted by atomic mass is 15.2. The van der Waals surface area contributed by atoms with Gasteiger partial charge in [-0.25, -0.2) is 0 Å². The molecule has 0 atom stereocenters. The van der Waals surface area contributed by atoms with Crippen LogP contribution in [0.2, 0.25) is 0 Å². The molecule has 114 valence electrons. The molecule has 0 unspecified atom stereocenters. The minimum Gasteiger partial charge on any atom is -0.316 e. The van der Waals surface area contributed by atoms with Crippen LogP contribution in [0.3, 0.4) is 0 Å². The second-order valence-corrected chi connectivity index (χ2v) is 7.03. The van der Waals surface area contributed by atoms with E-state index in [1.165, 1.54) is 57.2 Å². The van der Waals surface area contributed by atoms with Crippen LogP contribution in [0.1, 0.15) is 58.1 Å². The molecule has 1 saturated carbocycles. The Bertz CT molecular complexity index is 389. The van der Waals surface area contributed by atoms with Crippen molar-refractivity contribution in [2.24, 2.45) is 18.4 Å². The maximum atomic E-state index is 4.29. The molecule has 0 bridgehead atoms. The van der Waals surface area contributed by atoms with Crippen molar-refractivity contribution in [1.82, 2.24) is 15.1 Å². The fourth-order valence-electron chi connectivity index (χ4n) is 3.48. The van der Waals surface area contributed by atoms with Crippen molar-refractivity contribution < 1.29 is 0 Å². The summed E-state index contributed by atoms with van der Waals surface area (Å²) in [4.78, 5) is 0. The molecule has 1 N–H and O–H groups in total. The number of aryl methyl sites for hydroxylation is 2. The molecule has 1 heterocycles. The van der Waals surface area contributed by atoms with E-state index in [0.29, 0.717) is 5.41 Å². The van der Waals surface area contributed by atoms with Gasteiger partial charge in [0.1, 0.15) is 0 Å². The second-order valence-electron chi connectivity index (χ2n) is 7.03. The van der Waals surface area contributed by atoms with Crippen molar-refractivity contribution in [3.63, 3.8) is 0 Å². The molecule has 0 radical (unpaired) electrons. The summed E-state index contributed by atoms with van der Waals surface area (Å²) in [6, 6.07) is 2.16. The first-order chi connectivity index (χ1) is 9.61. The summed E-state index contributed by atoms with van der Waals surface area (Å²) in [7, 11) is 2.06. The van der Waals surface area contributed by atoms with Crippen molar-refractivity contribution in [2.45, 2.75) is 58.8 Å². The highest BCUT2D eigenvalue weighted by molar-refractivity contribution is 5.01. The topological polar surface area (TPSA) is 29.9 Å². The quantitative estimate of drug-likeness (QED) is 0.826. The number of hydrogen-bond donors (Lipinski definition) is 1. The van der Waals surface area contributed by atoms with Crippen LogP contribution in [0.15, 0.2) is 12.3 Å². The molecule has 20 heavy (non-hydrogen) atoms. The third-order valence-electron chi connectivity index (χ3n) is 4.80. The fourth-order valence-corrected chi connectivity index (χ4v) is 3.48. The average Bonchev–Trinajstić information content (AvgIpc) is 2.83. The van der Waals surface area contributed by atoms with Crippen molar-refractivity contribution >= 4 is 0 Å². The first-order valence-electron chi connectivity index (χ1n) is 8.29. The van der Waals surface area contributed by atoms with Gasteiger partial charge < -0.3 is 5.32 Å². The Morgan fingerprint density at radius 3 is 2.65 bits per heavy atom. The molecule has 0 spiro atoms. The molecule has 1 aromatic rings. The molecule has 1 aliphatic rings. The molecule has 1 fully saturated rings. The van der Waals surface area contributed by atoms with E-state index in [1.54, 1.807) is 0 Å². The van der Waals surface area contributed by atoms with Gasteiger partial charge in [0, 0.05) is 25.5 Å². The van der Waals surface area contributed by atoms with Crippen LogP contribution >= 0.6 is 0 Å². The van der Waals surface area contributed by atoms with Gasteiger partial charge in [-0.2, -0.15) is 5.10 Å². The molecule has 0 aliphatic heterocycles. The smallest absolute Gasteiger partial charge is 0.0492 e. The molecule has 1 aromatic heterocycles. The van der Waals surface area contributed by atoms with Gasteiger partial charge in [-0.3, -0.25) is 4.68 Å². The Morgan fingerprint density at radius 1 is 1.30 bits per heavy atom. The van der Waals surface area contributed by atoms with E-state index in [4.69, 9.17) is 0 Å². The molecule has 1 aliphatic carbocycles. The zero-order valence-electron chi connectivity index (χ0n) is 13.5. The van der Waals surface area contributed by atoms with E-state index < -0.39 is 0 Å². The van der Waals surface area contributed by atoms with Crippen LogP contribution in [-0.2, 0) is 13.5 Å². The van der Waals surface area contributed by atoms with Crippen molar-refractivity contribution in [3.8, 4) is 0 Å². The lowest BCUT2D eigenvalue weighted by atomic mass is 9.71. The van der Waals surface area contributed by atoms with Gasteiger partial charge >= 0.3 is 0 Å². The summed E-state index contributed by atoms with van der Waals surface area (Å²) >= 11 is 0. The third-order valence-corrected chi connectivity index (χ3v) is 4.80. The maximum Gasteiger partial charge on any atom is 0.0492 e. The zero-order chi connectivity index (χ0) is 14.4. The maximum absolute atomic E-state index is 4.29. The summed E-state index contributed by atoms with van der Waals surface area (Å²) in [5.74, 6) is 0.743. The summed E-state index contributed by atoms with van der Waals surface area (Å²) in [5, 5.41) is 8.01.